The summed E-state index contributed by atoms with van der Waals surface area (Å²) in [5, 5.41) is 8.41. The van der Waals surface area contributed by atoms with Gasteiger partial charge in [-0.25, -0.2) is 4.79 Å². The zero-order valence-electron chi connectivity index (χ0n) is 25.6. The molecule has 43 heavy (non-hydrogen) atoms. The highest BCUT2D eigenvalue weighted by molar-refractivity contribution is 5.67. The van der Waals surface area contributed by atoms with Crippen molar-refractivity contribution in [3.05, 3.63) is 12.8 Å². The number of hydrogen-bond acceptors (Lipinski definition) is 14. The van der Waals surface area contributed by atoms with Crippen LogP contribution in [0.4, 0.5) is 0 Å². The first-order valence-electron chi connectivity index (χ1n) is 14.6. The standard InChI is InChI=1S/C28H54O15/c1-2-31-3-4-32-5-6-33-7-8-34-9-10-35-11-12-36-13-14-37-15-16-38-17-18-39-19-20-40-21-22-41-23-24-42-25-26-43-27-28(29)30/h2H,1,3-27H2,(H,29,30). The molecule has 0 fully saturated rings. The Morgan fingerprint density at radius 3 is 0.744 bits per heavy atom. The number of aliphatic carboxylic acids is 1. The molecular weight excluding hydrogens is 576 g/mol. The van der Waals surface area contributed by atoms with Crippen molar-refractivity contribution < 1.29 is 71.5 Å². The van der Waals surface area contributed by atoms with Gasteiger partial charge >= 0.3 is 5.97 Å². The third-order valence-electron chi connectivity index (χ3n) is 4.78. The lowest BCUT2D eigenvalue weighted by Crippen LogP contribution is -2.15. The van der Waals surface area contributed by atoms with E-state index in [0.717, 1.165) is 0 Å². The summed E-state index contributed by atoms with van der Waals surface area (Å²) in [5.41, 5.74) is 0. The Bertz CT molecular complexity index is 556. The number of carboxylic acid groups (broad SMARTS) is 1. The van der Waals surface area contributed by atoms with Crippen LogP contribution < -0.4 is 0 Å². The van der Waals surface area contributed by atoms with Gasteiger partial charge in [0.25, 0.3) is 0 Å². The third kappa shape index (κ3) is 40.5. The maximum Gasteiger partial charge on any atom is 0.329 e. The van der Waals surface area contributed by atoms with E-state index in [1.165, 1.54) is 6.26 Å². The van der Waals surface area contributed by atoms with Gasteiger partial charge in [-0.3, -0.25) is 0 Å². The highest BCUT2D eigenvalue weighted by Gasteiger charge is 1.98. The Kier molecular flexibility index (Phi) is 37.2. The van der Waals surface area contributed by atoms with Crippen LogP contribution in [0.1, 0.15) is 0 Å². The van der Waals surface area contributed by atoms with Crippen LogP contribution in [0, 0.1) is 0 Å². The predicted molar refractivity (Wildman–Crippen MR) is 154 cm³/mol. The second-order valence-electron chi connectivity index (χ2n) is 8.22. The molecule has 0 aromatic rings. The fourth-order valence-corrected chi connectivity index (χ4v) is 2.77. The lowest BCUT2D eigenvalue weighted by atomic mass is 10.6. The van der Waals surface area contributed by atoms with Gasteiger partial charge in [-0.1, -0.05) is 6.58 Å². The van der Waals surface area contributed by atoms with Crippen molar-refractivity contribution in [2.45, 2.75) is 0 Å². The maximum atomic E-state index is 10.3. The van der Waals surface area contributed by atoms with E-state index >= 15 is 0 Å². The van der Waals surface area contributed by atoms with Crippen LogP contribution in [0.5, 0.6) is 0 Å². The Labute approximate surface area is 255 Å². The van der Waals surface area contributed by atoms with Crippen LogP contribution in [-0.2, 0) is 66.4 Å². The Morgan fingerprint density at radius 2 is 0.558 bits per heavy atom. The molecule has 0 aromatic carbocycles. The molecule has 0 radical (unpaired) electrons. The van der Waals surface area contributed by atoms with Gasteiger partial charge in [0, 0.05) is 0 Å². The molecule has 0 amide bonds. The van der Waals surface area contributed by atoms with Gasteiger partial charge in [-0.2, -0.15) is 0 Å². The molecule has 0 aromatic heterocycles. The van der Waals surface area contributed by atoms with Crippen molar-refractivity contribution in [2.24, 2.45) is 0 Å². The molecule has 0 aliphatic rings. The minimum absolute atomic E-state index is 0.240. The molecule has 1 N–H and O–H groups in total. The molecule has 15 heteroatoms. The van der Waals surface area contributed by atoms with Gasteiger partial charge in [0.2, 0.25) is 0 Å². The highest BCUT2D eigenvalue weighted by Crippen LogP contribution is 1.87. The highest BCUT2D eigenvalue weighted by atomic mass is 16.6. The average Bonchev–Trinajstić information content (AvgIpc) is 3.00. The number of ether oxygens (including phenoxy) is 13. The van der Waals surface area contributed by atoms with E-state index in [0.29, 0.717) is 152 Å². The average molecular weight is 631 g/mol. The molecule has 0 heterocycles. The van der Waals surface area contributed by atoms with Crippen molar-refractivity contribution in [1.82, 2.24) is 0 Å². The topological polar surface area (TPSA) is 157 Å². The van der Waals surface area contributed by atoms with Gasteiger partial charge in [-0.15, -0.1) is 0 Å². The first-order chi connectivity index (χ1) is 21.3. The van der Waals surface area contributed by atoms with Crippen LogP contribution in [0.2, 0.25) is 0 Å². The summed E-state index contributed by atoms with van der Waals surface area (Å²) >= 11 is 0. The summed E-state index contributed by atoms with van der Waals surface area (Å²) in [5.74, 6) is -0.997. The lowest BCUT2D eigenvalue weighted by molar-refractivity contribution is -0.142. The van der Waals surface area contributed by atoms with Crippen molar-refractivity contribution in [2.75, 3.05) is 165 Å². The SMILES string of the molecule is C=COCCOCCOCCOCCOCCOCCOCCOCCOCCOCCOCCOCCOCC(=O)O. The third-order valence-corrected chi connectivity index (χ3v) is 4.78. The van der Waals surface area contributed by atoms with Gasteiger partial charge in [0.15, 0.2) is 0 Å². The normalized spacial score (nSPS) is 11.3. The first kappa shape index (κ1) is 41.5. The summed E-state index contributed by atoms with van der Waals surface area (Å²) in [7, 11) is 0. The molecule has 0 rings (SSSR count). The predicted octanol–water partition coefficient (Wildman–Crippen LogP) is 0.430. The smallest absolute Gasteiger partial charge is 0.329 e. The summed E-state index contributed by atoms with van der Waals surface area (Å²) < 4.78 is 69.1. The molecule has 0 saturated carbocycles. The number of carboxylic acids is 1. The molecule has 0 unspecified atom stereocenters. The lowest BCUT2D eigenvalue weighted by Gasteiger charge is -2.09. The van der Waals surface area contributed by atoms with Crippen molar-refractivity contribution >= 4 is 5.97 Å². The van der Waals surface area contributed by atoms with E-state index in [4.69, 9.17) is 66.7 Å². The van der Waals surface area contributed by atoms with E-state index in [1.54, 1.807) is 0 Å². The van der Waals surface area contributed by atoms with Gasteiger partial charge < -0.3 is 66.7 Å². The number of carbonyl (C=O) groups is 1. The number of hydrogen-bond donors (Lipinski definition) is 1. The molecule has 0 atom stereocenters. The molecule has 0 bridgehead atoms. The Hall–Kier alpha value is -1.47. The van der Waals surface area contributed by atoms with Crippen LogP contribution >= 0.6 is 0 Å². The summed E-state index contributed by atoms with van der Waals surface area (Å²) in [4.78, 5) is 10.3. The molecule has 0 spiro atoms. The second-order valence-corrected chi connectivity index (χ2v) is 8.22. The maximum absolute atomic E-state index is 10.3. The second kappa shape index (κ2) is 38.6. The van der Waals surface area contributed by atoms with Crippen molar-refractivity contribution in [1.29, 1.82) is 0 Å². The minimum Gasteiger partial charge on any atom is -0.499 e. The molecular formula is C28H54O15. The quantitative estimate of drug-likeness (QED) is 0.0736. The summed E-state index contributed by atoms with van der Waals surface area (Å²) in [6, 6.07) is 0. The van der Waals surface area contributed by atoms with Gasteiger partial charge in [-0.05, 0) is 0 Å². The fraction of sp³-hybridized carbons (Fsp3) is 0.893. The van der Waals surface area contributed by atoms with Crippen LogP contribution in [-0.4, -0.2) is 176 Å². The Morgan fingerprint density at radius 1 is 0.372 bits per heavy atom. The van der Waals surface area contributed by atoms with E-state index < -0.39 is 5.97 Å². The molecule has 0 aliphatic carbocycles. The molecule has 0 aliphatic heterocycles. The Balaban J connectivity index is 3.04. The van der Waals surface area contributed by atoms with E-state index in [2.05, 4.69) is 6.58 Å². The van der Waals surface area contributed by atoms with Crippen LogP contribution in [0.3, 0.4) is 0 Å². The van der Waals surface area contributed by atoms with Crippen LogP contribution in [0.15, 0.2) is 12.8 Å². The zero-order chi connectivity index (χ0) is 31.2. The zero-order valence-corrected chi connectivity index (χ0v) is 25.6. The number of rotatable bonds is 39. The van der Waals surface area contributed by atoms with E-state index in [-0.39, 0.29) is 13.2 Å². The summed E-state index contributed by atoms with van der Waals surface area (Å²) in [6.07, 6.45) is 1.39. The van der Waals surface area contributed by atoms with Gasteiger partial charge in [0.1, 0.15) is 13.2 Å². The van der Waals surface area contributed by atoms with Crippen molar-refractivity contribution in [3.63, 3.8) is 0 Å². The minimum atomic E-state index is -0.997. The molecule has 256 valence electrons. The summed E-state index contributed by atoms with van der Waals surface area (Å²) in [6.45, 7) is 14.5. The first-order valence-corrected chi connectivity index (χ1v) is 14.6. The van der Waals surface area contributed by atoms with E-state index in [1.807, 2.05) is 0 Å². The molecule has 0 saturated heterocycles. The monoisotopic (exact) mass is 630 g/mol. The molecule has 15 nitrogen and oxygen atoms in total. The van der Waals surface area contributed by atoms with Crippen LogP contribution in [0.25, 0.3) is 0 Å². The van der Waals surface area contributed by atoms with E-state index in [9.17, 15) is 4.79 Å². The fourth-order valence-electron chi connectivity index (χ4n) is 2.77. The van der Waals surface area contributed by atoms with Gasteiger partial charge in [0.05, 0.1) is 158 Å². The van der Waals surface area contributed by atoms with Crippen molar-refractivity contribution in [3.8, 4) is 0 Å². The largest absolute Gasteiger partial charge is 0.499 e.